The van der Waals surface area contributed by atoms with Crippen molar-refractivity contribution < 1.29 is 0 Å². The molecule has 0 saturated carbocycles. The first-order chi connectivity index (χ1) is 7.67. The van der Waals surface area contributed by atoms with E-state index in [4.69, 9.17) is 11.6 Å². The average molecular weight is 243 g/mol. The Bertz CT molecular complexity index is 328. The normalized spacial score (nSPS) is 12.5. The molecule has 1 N–H and O–H groups in total. The molecule has 1 aromatic rings. The van der Waals surface area contributed by atoms with Crippen molar-refractivity contribution >= 4 is 17.5 Å². The molecule has 0 radical (unpaired) electrons. The third kappa shape index (κ3) is 3.93. The lowest BCUT2D eigenvalue weighted by Crippen LogP contribution is -2.12. The first-order valence-corrected chi connectivity index (χ1v) is 6.21. The molecule has 0 aliphatic carbocycles. The lowest BCUT2D eigenvalue weighted by atomic mass is 10.2. The Kier molecular flexibility index (Phi) is 5.46. The molecule has 4 nitrogen and oxygen atoms in total. The van der Waals surface area contributed by atoms with Gasteiger partial charge in [0.25, 0.3) is 0 Å². The number of anilines is 1. The van der Waals surface area contributed by atoms with Crippen molar-refractivity contribution in [2.45, 2.75) is 45.4 Å². The molecule has 0 spiro atoms. The third-order valence-corrected chi connectivity index (χ3v) is 2.55. The van der Waals surface area contributed by atoms with Gasteiger partial charge in [-0.2, -0.15) is 5.10 Å². The molecule has 90 valence electrons. The lowest BCUT2D eigenvalue weighted by Gasteiger charge is -2.08. The molecule has 1 rings (SSSR count). The number of hydrogen-bond acceptors (Lipinski definition) is 4. The number of nitrogens with one attached hydrogen (secondary N) is 1. The molecule has 1 unspecified atom stereocenters. The van der Waals surface area contributed by atoms with Crippen molar-refractivity contribution in [3.8, 4) is 0 Å². The fourth-order valence-electron chi connectivity index (χ4n) is 1.40. The summed E-state index contributed by atoms with van der Waals surface area (Å²) in [5.74, 6) is 0.603. The van der Waals surface area contributed by atoms with Gasteiger partial charge in [-0.25, -0.2) is 4.98 Å². The van der Waals surface area contributed by atoms with Gasteiger partial charge in [-0.1, -0.05) is 13.8 Å². The van der Waals surface area contributed by atoms with Gasteiger partial charge in [0, 0.05) is 11.9 Å². The van der Waals surface area contributed by atoms with Crippen LogP contribution in [0.15, 0.2) is 0 Å². The molecule has 0 fully saturated rings. The van der Waals surface area contributed by atoms with Crippen LogP contribution < -0.4 is 5.32 Å². The van der Waals surface area contributed by atoms with Crippen molar-refractivity contribution in [3.63, 3.8) is 0 Å². The van der Waals surface area contributed by atoms with E-state index in [2.05, 4.69) is 34.3 Å². The number of hydrogen-bond donors (Lipinski definition) is 1. The summed E-state index contributed by atoms with van der Waals surface area (Å²) >= 11 is 5.85. The lowest BCUT2D eigenvalue weighted by molar-refractivity contribution is 0.795. The van der Waals surface area contributed by atoms with Crippen LogP contribution in [-0.4, -0.2) is 27.1 Å². The maximum Gasteiger partial charge on any atom is 0.242 e. The highest BCUT2D eigenvalue weighted by atomic mass is 35.5. The molecule has 0 saturated heterocycles. The van der Waals surface area contributed by atoms with Gasteiger partial charge in [0.05, 0.1) is 11.4 Å². The Morgan fingerprint density at radius 1 is 1.19 bits per heavy atom. The molecule has 0 aliphatic rings. The summed E-state index contributed by atoms with van der Waals surface area (Å²) in [6.45, 7) is 6.89. The van der Waals surface area contributed by atoms with E-state index in [0.717, 1.165) is 37.2 Å². The summed E-state index contributed by atoms with van der Waals surface area (Å²) in [4.78, 5) is 4.43. The molecule has 0 aliphatic heterocycles. The second-order valence-corrected chi connectivity index (χ2v) is 4.48. The molecule has 0 bridgehead atoms. The number of nitrogens with zero attached hydrogens (tertiary/aromatic N) is 3. The van der Waals surface area contributed by atoms with Crippen molar-refractivity contribution in [1.82, 2.24) is 15.2 Å². The first kappa shape index (κ1) is 13.2. The number of aryl methyl sites for hydroxylation is 2. The maximum absolute atomic E-state index is 5.85. The van der Waals surface area contributed by atoms with Gasteiger partial charge >= 0.3 is 0 Å². The summed E-state index contributed by atoms with van der Waals surface area (Å²) in [6.07, 6.45) is 2.66. The molecule has 1 heterocycles. The summed E-state index contributed by atoms with van der Waals surface area (Å²) in [7, 11) is 0. The Morgan fingerprint density at radius 2 is 1.88 bits per heavy atom. The molecule has 5 heteroatoms. The third-order valence-electron chi connectivity index (χ3n) is 2.33. The molecular weight excluding hydrogens is 224 g/mol. The van der Waals surface area contributed by atoms with Crippen LogP contribution in [0.25, 0.3) is 0 Å². The number of rotatable bonds is 6. The van der Waals surface area contributed by atoms with Crippen LogP contribution in [-0.2, 0) is 12.8 Å². The highest BCUT2D eigenvalue weighted by molar-refractivity contribution is 6.20. The van der Waals surface area contributed by atoms with Crippen LogP contribution >= 0.6 is 11.6 Å². The zero-order valence-electron chi connectivity index (χ0n) is 10.1. The molecular formula is C11H19ClN4. The fraction of sp³-hybridized carbons (Fsp3) is 0.727. The van der Waals surface area contributed by atoms with Gasteiger partial charge in [-0.05, 0) is 26.2 Å². The van der Waals surface area contributed by atoms with Crippen LogP contribution in [0.5, 0.6) is 0 Å². The monoisotopic (exact) mass is 242 g/mol. The van der Waals surface area contributed by atoms with Gasteiger partial charge in [-0.3, -0.25) is 0 Å². The van der Waals surface area contributed by atoms with Gasteiger partial charge in [-0.15, -0.1) is 16.7 Å². The minimum absolute atomic E-state index is 0.168. The minimum atomic E-state index is 0.168. The summed E-state index contributed by atoms with van der Waals surface area (Å²) in [6, 6.07) is 0. The van der Waals surface area contributed by atoms with Crippen LogP contribution in [0.4, 0.5) is 5.95 Å². The van der Waals surface area contributed by atoms with E-state index in [-0.39, 0.29) is 5.38 Å². The summed E-state index contributed by atoms with van der Waals surface area (Å²) in [5.41, 5.74) is 2.01. The molecule has 1 atom stereocenters. The highest BCUT2D eigenvalue weighted by Gasteiger charge is 2.05. The van der Waals surface area contributed by atoms with Crippen molar-refractivity contribution in [2.24, 2.45) is 0 Å². The number of alkyl halides is 1. The van der Waals surface area contributed by atoms with Gasteiger partial charge < -0.3 is 5.32 Å². The Labute approximate surface area is 102 Å². The topological polar surface area (TPSA) is 50.7 Å². The summed E-state index contributed by atoms with van der Waals surface area (Å²) < 4.78 is 0. The van der Waals surface area contributed by atoms with E-state index in [9.17, 15) is 0 Å². The quantitative estimate of drug-likeness (QED) is 0.779. The predicted molar refractivity (Wildman–Crippen MR) is 67.0 cm³/mol. The number of aromatic nitrogens is 3. The number of halogens is 1. The van der Waals surface area contributed by atoms with Crippen molar-refractivity contribution in [3.05, 3.63) is 11.4 Å². The van der Waals surface area contributed by atoms with Crippen molar-refractivity contribution in [1.29, 1.82) is 0 Å². The first-order valence-electron chi connectivity index (χ1n) is 5.77. The molecule has 1 aromatic heterocycles. The van der Waals surface area contributed by atoms with E-state index in [1.54, 1.807) is 0 Å². The maximum atomic E-state index is 5.85. The predicted octanol–water partition coefficient (Wildman–Crippen LogP) is 2.43. The van der Waals surface area contributed by atoms with Gasteiger partial charge in [0.1, 0.15) is 0 Å². The van der Waals surface area contributed by atoms with Crippen LogP contribution in [0.1, 0.15) is 38.6 Å². The Morgan fingerprint density at radius 3 is 2.44 bits per heavy atom. The van der Waals surface area contributed by atoms with E-state index in [1.165, 1.54) is 0 Å². The SMILES string of the molecule is CCc1nnc(NCCC(C)Cl)nc1CC. The smallest absolute Gasteiger partial charge is 0.242 e. The molecule has 16 heavy (non-hydrogen) atoms. The zero-order valence-corrected chi connectivity index (χ0v) is 10.9. The Hall–Kier alpha value is -0.900. The van der Waals surface area contributed by atoms with Gasteiger partial charge in [0.15, 0.2) is 0 Å². The average Bonchev–Trinajstić information content (AvgIpc) is 2.28. The molecule has 0 aromatic carbocycles. The van der Waals surface area contributed by atoms with E-state index < -0.39 is 0 Å². The van der Waals surface area contributed by atoms with E-state index in [1.807, 2.05) is 6.92 Å². The Balaban J connectivity index is 2.60. The standard InChI is InChI=1S/C11H19ClN4/c1-4-9-10(5-2)15-16-11(14-9)13-7-6-8(3)12/h8H,4-7H2,1-3H3,(H,13,14,16). The zero-order chi connectivity index (χ0) is 12.0. The van der Waals surface area contributed by atoms with Crippen LogP contribution in [0.3, 0.4) is 0 Å². The second-order valence-electron chi connectivity index (χ2n) is 3.73. The van der Waals surface area contributed by atoms with E-state index in [0.29, 0.717) is 5.95 Å². The molecule has 0 amide bonds. The van der Waals surface area contributed by atoms with E-state index >= 15 is 0 Å². The largest absolute Gasteiger partial charge is 0.353 e. The summed E-state index contributed by atoms with van der Waals surface area (Å²) in [5, 5.41) is 11.5. The fourth-order valence-corrected chi connectivity index (χ4v) is 1.50. The van der Waals surface area contributed by atoms with Gasteiger partial charge in [0.2, 0.25) is 5.95 Å². The minimum Gasteiger partial charge on any atom is -0.353 e. The van der Waals surface area contributed by atoms with Crippen LogP contribution in [0, 0.1) is 0 Å². The van der Waals surface area contributed by atoms with Crippen LogP contribution in [0.2, 0.25) is 0 Å². The van der Waals surface area contributed by atoms with Crippen molar-refractivity contribution in [2.75, 3.05) is 11.9 Å². The second kappa shape index (κ2) is 6.63. The highest BCUT2D eigenvalue weighted by Crippen LogP contribution is 2.07.